The van der Waals surface area contributed by atoms with Gasteiger partial charge >= 0.3 is 0 Å². The molecule has 2 aromatic carbocycles. The lowest BCUT2D eigenvalue weighted by Gasteiger charge is -2.35. The zero-order valence-corrected chi connectivity index (χ0v) is 19.0. The van der Waals surface area contributed by atoms with Crippen LogP contribution in [0, 0.1) is 13.8 Å². The number of aryl methyl sites for hydroxylation is 2. The summed E-state index contributed by atoms with van der Waals surface area (Å²) in [4.78, 5) is 21.7. The van der Waals surface area contributed by atoms with E-state index in [9.17, 15) is 4.79 Å². The average Bonchev–Trinajstić information content (AvgIpc) is 3.24. The summed E-state index contributed by atoms with van der Waals surface area (Å²) in [5.41, 5.74) is 5.64. The number of hydrogen-bond acceptors (Lipinski definition) is 6. The normalized spacial score (nSPS) is 14.5. The van der Waals surface area contributed by atoms with Gasteiger partial charge in [-0.05, 0) is 43.2 Å². The number of methoxy groups -OCH3 is 1. The van der Waals surface area contributed by atoms with E-state index in [2.05, 4.69) is 64.3 Å². The van der Waals surface area contributed by atoms with E-state index in [4.69, 9.17) is 4.74 Å². The predicted molar refractivity (Wildman–Crippen MR) is 127 cm³/mol. The molecule has 6 nitrogen and oxygen atoms in total. The molecule has 0 saturated carbocycles. The molecule has 2 heterocycles. The van der Waals surface area contributed by atoms with Gasteiger partial charge < -0.3 is 15.0 Å². The van der Waals surface area contributed by atoms with Crippen molar-refractivity contribution >= 4 is 28.1 Å². The number of rotatable bonds is 6. The molecular formula is C24H28N4O2S. The van der Waals surface area contributed by atoms with Crippen molar-refractivity contribution in [3.05, 3.63) is 59.0 Å². The van der Waals surface area contributed by atoms with Gasteiger partial charge in [-0.2, -0.15) is 0 Å². The molecule has 1 aliphatic rings. The van der Waals surface area contributed by atoms with Gasteiger partial charge in [0.15, 0.2) is 5.13 Å². The molecule has 0 spiro atoms. The van der Waals surface area contributed by atoms with Gasteiger partial charge in [-0.15, -0.1) is 11.3 Å². The van der Waals surface area contributed by atoms with E-state index >= 15 is 0 Å². The van der Waals surface area contributed by atoms with Crippen molar-refractivity contribution in [2.75, 3.05) is 50.1 Å². The third-order valence-corrected chi connectivity index (χ3v) is 6.47. The van der Waals surface area contributed by atoms with E-state index in [0.717, 1.165) is 48.9 Å². The summed E-state index contributed by atoms with van der Waals surface area (Å²) in [6.07, 6.45) is 0. The van der Waals surface area contributed by atoms with Gasteiger partial charge in [0.25, 0.3) is 0 Å². The van der Waals surface area contributed by atoms with Crippen molar-refractivity contribution in [1.82, 2.24) is 9.88 Å². The summed E-state index contributed by atoms with van der Waals surface area (Å²) in [5, 5.41) is 5.60. The molecule has 1 fully saturated rings. The highest BCUT2D eigenvalue weighted by atomic mass is 32.1. The number of aromatic nitrogens is 1. The van der Waals surface area contributed by atoms with Crippen LogP contribution in [-0.4, -0.2) is 55.6 Å². The molecule has 1 saturated heterocycles. The summed E-state index contributed by atoms with van der Waals surface area (Å²) < 4.78 is 5.32. The van der Waals surface area contributed by atoms with Crippen molar-refractivity contribution < 1.29 is 9.53 Å². The van der Waals surface area contributed by atoms with Gasteiger partial charge in [0.1, 0.15) is 5.75 Å². The van der Waals surface area contributed by atoms with E-state index in [1.807, 2.05) is 17.5 Å². The molecule has 1 aromatic heterocycles. The molecular weight excluding hydrogens is 408 g/mol. The minimum atomic E-state index is -0.0178. The van der Waals surface area contributed by atoms with Crippen LogP contribution in [-0.2, 0) is 4.79 Å². The maximum absolute atomic E-state index is 12.5. The van der Waals surface area contributed by atoms with Crippen molar-refractivity contribution in [2.24, 2.45) is 0 Å². The minimum absolute atomic E-state index is 0.0178. The Balaban J connectivity index is 1.29. The fourth-order valence-electron chi connectivity index (χ4n) is 3.70. The Hall–Kier alpha value is -2.90. The number of thiazole rings is 1. The Morgan fingerprint density at radius 3 is 2.65 bits per heavy atom. The van der Waals surface area contributed by atoms with Gasteiger partial charge in [0.05, 0.1) is 19.3 Å². The predicted octanol–water partition coefficient (Wildman–Crippen LogP) is 4.20. The molecule has 3 aromatic rings. The standard InChI is InChI=1S/C24H28N4O2S/c1-17-7-8-19(13-18(17)2)22-16-31-24(25-22)26-23(29)15-27-9-11-28(12-10-27)20-5-4-6-21(14-20)30-3/h4-8,13-14,16H,9-12,15H2,1-3H3,(H,25,26,29). The molecule has 1 aliphatic heterocycles. The Bertz CT molecular complexity index is 1060. The molecule has 0 radical (unpaired) electrons. The second-order valence-corrected chi connectivity index (χ2v) is 8.71. The fraction of sp³-hybridized carbons (Fsp3) is 0.333. The number of ether oxygens (including phenoxy) is 1. The molecule has 1 N–H and O–H groups in total. The Kier molecular flexibility index (Phi) is 6.53. The third kappa shape index (κ3) is 5.24. The lowest BCUT2D eigenvalue weighted by molar-refractivity contribution is -0.117. The largest absolute Gasteiger partial charge is 0.497 e. The lowest BCUT2D eigenvalue weighted by atomic mass is 10.1. The fourth-order valence-corrected chi connectivity index (χ4v) is 4.43. The molecule has 4 rings (SSSR count). The van der Waals surface area contributed by atoms with Crippen LogP contribution >= 0.6 is 11.3 Å². The lowest BCUT2D eigenvalue weighted by Crippen LogP contribution is -2.48. The second kappa shape index (κ2) is 9.49. The van der Waals surface area contributed by atoms with Crippen LogP contribution < -0.4 is 15.0 Å². The SMILES string of the molecule is COc1cccc(N2CCN(CC(=O)Nc3nc(-c4ccc(C)c(C)c4)cs3)CC2)c1. The van der Waals surface area contributed by atoms with Gasteiger partial charge in [-0.1, -0.05) is 18.2 Å². The molecule has 0 unspecified atom stereocenters. The van der Waals surface area contributed by atoms with Crippen LogP contribution in [0.3, 0.4) is 0 Å². The maximum Gasteiger partial charge on any atom is 0.240 e. The Morgan fingerprint density at radius 2 is 1.90 bits per heavy atom. The van der Waals surface area contributed by atoms with Crippen molar-refractivity contribution in [3.8, 4) is 17.0 Å². The first kappa shape index (κ1) is 21.3. The first-order chi connectivity index (χ1) is 15.0. The van der Waals surface area contributed by atoms with Crippen LogP contribution in [0.15, 0.2) is 47.8 Å². The number of anilines is 2. The van der Waals surface area contributed by atoms with E-state index in [0.29, 0.717) is 11.7 Å². The average molecular weight is 437 g/mol. The summed E-state index contributed by atoms with van der Waals surface area (Å²) in [7, 11) is 1.68. The highest BCUT2D eigenvalue weighted by Gasteiger charge is 2.20. The van der Waals surface area contributed by atoms with Crippen molar-refractivity contribution in [2.45, 2.75) is 13.8 Å². The number of carbonyl (C=O) groups is 1. The number of carbonyl (C=O) groups excluding carboxylic acids is 1. The first-order valence-electron chi connectivity index (χ1n) is 10.5. The molecule has 0 aliphatic carbocycles. The number of amides is 1. The summed E-state index contributed by atoms with van der Waals surface area (Å²) >= 11 is 1.46. The van der Waals surface area contributed by atoms with Crippen molar-refractivity contribution in [1.29, 1.82) is 0 Å². The number of nitrogens with one attached hydrogen (secondary N) is 1. The summed E-state index contributed by atoms with van der Waals surface area (Å²) in [6, 6.07) is 14.4. The topological polar surface area (TPSA) is 57.7 Å². The Labute approximate surface area is 187 Å². The Morgan fingerprint density at radius 1 is 1.10 bits per heavy atom. The number of nitrogens with zero attached hydrogens (tertiary/aromatic N) is 3. The van der Waals surface area contributed by atoms with Crippen molar-refractivity contribution in [3.63, 3.8) is 0 Å². The summed E-state index contributed by atoms with van der Waals surface area (Å²) in [6.45, 7) is 8.03. The number of piperazine rings is 1. The van der Waals surface area contributed by atoms with Crippen LogP contribution in [0.25, 0.3) is 11.3 Å². The van der Waals surface area contributed by atoms with Gasteiger partial charge in [-0.3, -0.25) is 9.69 Å². The van der Waals surface area contributed by atoms with E-state index in [-0.39, 0.29) is 5.91 Å². The molecule has 7 heteroatoms. The van der Waals surface area contributed by atoms with Crippen LogP contribution in [0.1, 0.15) is 11.1 Å². The van der Waals surface area contributed by atoms with Crippen LogP contribution in [0.5, 0.6) is 5.75 Å². The summed E-state index contributed by atoms with van der Waals surface area (Å²) in [5.74, 6) is 0.846. The van der Waals surface area contributed by atoms with Gasteiger partial charge in [0, 0.05) is 48.9 Å². The molecule has 162 valence electrons. The third-order valence-electron chi connectivity index (χ3n) is 5.71. The highest BCUT2D eigenvalue weighted by Crippen LogP contribution is 2.26. The number of hydrogen-bond donors (Lipinski definition) is 1. The van der Waals surface area contributed by atoms with Crippen LogP contribution in [0.2, 0.25) is 0 Å². The highest BCUT2D eigenvalue weighted by molar-refractivity contribution is 7.14. The monoisotopic (exact) mass is 436 g/mol. The zero-order chi connectivity index (χ0) is 21.8. The number of benzene rings is 2. The first-order valence-corrected chi connectivity index (χ1v) is 11.3. The quantitative estimate of drug-likeness (QED) is 0.628. The smallest absolute Gasteiger partial charge is 0.240 e. The second-order valence-electron chi connectivity index (χ2n) is 7.85. The minimum Gasteiger partial charge on any atom is -0.497 e. The van der Waals surface area contributed by atoms with E-state index in [1.54, 1.807) is 7.11 Å². The molecule has 31 heavy (non-hydrogen) atoms. The molecule has 0 bridgehead atoms. The van der Waals surface area contributed by atoms with Gasteiger partial charge in [0.2, 0.25) is 5.91 Å². The zero-order valence-electron chi connectivity index (χ0n) is 18.2. The molecule has 1 amide bonds. The van der Waals surface area contributed by atoms with E-state index < -0.39 is 0 Å². The van der Waals surface area contributed by atoms with Gasteiger partial charge in [-0.25, -0.2) is 4.98 Å². The molecule has 0 atom stereocenters. The maximum atomic E-state index is 12.5. The van der Waals surface area contributed by atoms with E-state index in [1.165, 1.54) is 22.5 Å². The van der Waals surface area contributed by atoms with Crippen LogP contribution in [0.4, 0.5) is 10.8 Å².